The minimum Gasteiger partial charge on any atom is -0.496 e. The Morgan fingerprint density at radius 1 is 1.31 bits per heavy atom. The van der Waals surface area contributed by atoms with E-state index in [0.29, 0.717) is 34.2 Å². The highest BCUT2D eigenvalue weighted by Crippen LogP contribution is 2.38. The van der Waals surface area contributed by atoms with Crippen molar-refractivity contribution >= 4 is 33.7 Å². The number of benzene rings is 1. The van der Waals surface area contributed by atoms with Gasteiger partial charge in [0.1, 0.15) is 5.75 Å². The van der Waals surface area contributed by atoms with Crippen LogP contribution >= 0.6 is 11.3 Å². The van der Waals surface area contributed by atoms with Crippen molar-refractivity contribution in [2.24, 2.45) is 11.8 Å². The smallest absolute Gasteiger partial charge is 0.263 e. The SMILES string of the molecule is CCCC1C=C(c2cc(C(F)F)ccc2OC)C(C(=O)Nc2nnc(C#CC3CCC3)s2)=CC1=O. The molecule has 182 valence electrons. The largest absolute Gasteiger partial charge is 0.496 e. The van der Waals surface area contributed by atoms with E-state index in [1.807, 2.05) is 6.92 Å². The number of nitrogens with one attached hydrogen (secondary N) is 1. The number of aromatic nitrogens is 2. The normalized spacial score (nSPS) is 17.7. The second-order valence-corrected chi connectivity index (χ2v) is 9.44. The van der Waals surface area contributed by atoms with Crippen LogP contribution in [0.3, 0.4) is 0 Å². The van der Waals surface area contributed by atoms with Crippen LogP contribution in [0.4, 0.5) is 13.9 Å². The second-order valence-electron chi connectivity index (χ2n) is 8.46. The highest BCUT2D eigenvalue weighted by molar-refractivity contribution is 7.15. The molecule has 2 aliphatic carbocycles. The Morgan fingerprint density at radius 3 is 2.77 bits per heavy atom. The van der Waals surface area contributed by atoms with Crippen LogP contribution in [0.25, 0.3) is 5.57 Å². The van der Waals surface area contributed by atoms with Crippen molar-refractivity contribution in [3.8, 4) is 17.6 Å². The van der Waals surface area contributed by atoms with Gasteiger partial charge >= 0.3 is 0 Å². The molecule has 1 aromatic carbocycles. The summed E-state index contributed by atoms with van der Waals surface area (Å²) in [5.74, 6) is 5.60. The van der Waals surface area contributed by atoms with Crippen LogP contribution in [0, 0.1) is 23.7 Å². The predicted octanol–water partition coefficient (Wildman–Crippen LogP) is 5.58. The summed E-state index contributed by atoms with van der Waals surface area (Å²) >= 11 is 1.14. The van der Waals surface area contributed by atoms with Crippen LogP contribution < -0.4 is 10.1 Å². The molecule has 0 aliphatic heterocycles. The molecule has 4 rings (SSSR count). The Bertz CT molecular complexity index is 1250. The number of halogens is 2. The van der Waals surface area contributed by atoms with Gasteiger partial charge in [0.05, 0.1) is 12.7 Å². The number of carbonyl (C=O) groups is 2. The van der Waals surface area contributed by atoms with Crippen molar-refractivity contribution in [2.75, 3.05) is 12.4 Å². The Balaban J connectivity index is 1.65. The molecule has 2 aliphatic rings. The van der Waals surface area contributed by atoms with Crippen LogP contribution in [-0.2, 0) is 9.59 Å². The van der Waals surface area contributed by atoms with Gasteiger partial charge in [0.25, 0.3) is 12.3 Å². The molecular weight excluding hydrogens is 472 g/mol. The average Bonchev–Trinajstić information content (AvgIpc) is 3.25. The van der Waals surface area contributed by atoms with Gasteiger partial charge in [-0.1, -0.05) is 43.1 Å². The molecule has 0 bridgehead atoms. The number of hydrogen-bond acceptors (Lipinski definition) is 6. The van der Waals surface area contributed by atoms with E-state index in [1.54, 1.807) is 6.08 Å². The van der Waals surface area contributed by atoms with Crippen molar-refractivity contribution in [2.45, 2.75) is 45.5 Å². The summed E-state index contributed by atoms with van der Waals surface area (Å²) in [5.41, 5.74) is 0.549. The fourth-order valence-corrected chi connectivity index (χ4v) is 4.54. The maximum absolute atomic E-state index is 13.5. The molecule has 0 radical (unpaired) electrons. The molecule has 1 saturated carbocycles. The third-order valence-electron chi connectivity index (χ3n) is 6.05. The Morgan fingerprint density at radius 2 is 2.11 bits per heavy atom. The van der Waals surface area contributed by atoms with Gasteiger partial charge in [0.2, 0.25) is 5.13 Å². The average molecular weight is 498 g/mol. The van der Waals surface area contributed by atoms with Gasteiger partial charge in [0.15, 0.2) is 10.8 Å². The summed E-state index contributed by atoms with van der Waals surface area (Å²) in [5, 5.41) is 11.4. The number of hydrogen-bond donors (Lipinski definition) is 1. The van der Waals surface area contributed by atoms with E-state index < -0.39 is 18.3 Å². The summed E-state index contributed by atoms with van der Waals surface area (Å²) < 4.78 is 32.3. The molecule has 0 spiro atoms. The second kappa shape index (κ2) is 10.9. The quantitative estimate of drug-likeness (QED) is 0.505. The molecular formula is C26H25F2N3O3S. The molecule has 1 heterocycles. The van der Waals surface area contributed by atoms with Gasteiger partial charge in [-0.15, -0.1) is 10.2 Å². The number of ketones is 1. The van der Waals surface area contributed by atoms with E-state index in [0.717, 1.165) is 30.6 Å². The zero-order valence-electron chi connectivity index (χ0n) is 19.4. The molecule has 1 unspecified atom stereocenters. The lowest BCUT2D eigenvalue weighted by molar-refractivity contribution is -0.118. The predicted molar refractivity (Wildman–Crippen MR) is 130 cm³/mol. The minimum atomic E-state index is -2.70. The monoisotopic (exact) mass is 497 g/mol. The van der Waals surface area contributed by atoms with Gasteiger partial charge in [0, 0.05) is 23.0 Å². The van der Waals surface area contributed by atoms with Crippen LogP contribution in [0.15, 0.2) is 35.9 Å². The van der Waals surface area contributed by atoms with Gasteiger partial charge < -0.3 is 4.74 Å². The molecule has 6 nitrogen and oxygen atoms in total. The lowest BCUT2D eigenvalue weighted by Crippen LogP contribution is -2.23. The van der Waals surface area contributed by atoms with E-state index in [4.69, 9.17) is 4.74 Å². The fraction of sp³-hybridized carbons (Fsp3) is 0.385. The zero-order valence-corrected chi connectivity index (χ0v) is 20.3. The first-order chi connectivity index (χ1) is 16.9. The first-order valence-corrected chi connectivity index (χ1v) is 12.3. The van der Waals surface area contributed by atoms with Gasteiger partial charge in [-0.25, -0.2) is 8.78 Å². The summed E-state index contributed by atoms with van der Waals surface area (Å²) in [4.78, 5) is 26.0. The molecule has 35 heavy (non-hydrogen) atoms. The van der Waals surface area contributed by atoms with Crippen LogP contribution in [0.5, 0.6) is 5.75 Å². The minimum absolute atomic E-state index is 0.0596. The van der Waals surface area contributed by atoms with Crippen LogP contribution in [0.2, 0.25) is 0 Å². The highest BCUT2D eigenvalue weighted by Gasteiger charge is 2.29. The van der Waals surface area contributed by atoms with Crippen molar-refractivity contribution in [1.82, 2.24) is 10.2 Å². The number of carbonyl (C=O) groups excluding carboxylic acids is 2. The number of methoxy groups -OCH3 is 1. The fourth-order valence-electron chi connectivity index (χ4n) is 3.94. The Hall–Kier alpha value is -3.38. The number of alkyl halides is 2. The number of allylic oxidation sites excluding steroid dienone is 2. The maximum atomic E-state index is 13.5. The number of nitrogens with zero attached hydrogens (tertiary/aromatic N) is 2. The van der Waals surface area contributed by atoms with Gasteiger partial charge in [-0.2, -0.15) is 0 Å². The molecule has 1 aromatic heterocycles. The number of anilines is 1. The van der Waals surface area contributed by atoms with E-state index >= 15 is 0 Å². The summed E-state index contributed by atoms with van der Waals surface area (Å²) in [6, 6.07) is 4.02. The standard InChI is InChI=1S/C26H25F2N3O3S/c1-3-5-16-12-18(19-13-17(24(27)28)9-10-22(19)34-2)20(14-21(16)32)25(33)29-26-31-30-23(35-26)11-8-15-6-4-7-15/h9-10,12-16,24H,3-7H2,1-2H3,(H,29,31,33). The van der Waals surface area contributed by atoms with E-state index in [1.165, 1.54) is 37.8 Å². The zero-order chi connectivity index (χ0) is 24.9. The third-order valence-corrected chi connectivity index (χ3v) is 6.81. The van der Waals surface area contributed by atoms with Crippen molar-refractivity contribution < 1.29 is 23.1 Å². The Kier molecular flexibility index (Phi) is 7.71. The summed E-state index contributed by atoms with van der Waals surface area (Å²) in [7, 11) is 1.43. The summed E-state index contributed by atoms with van der Waals surface area (Å²) in [6.07, 6.45) is 4.93. The lowest BCUT2D eigenvalue weighted by Gasteiger charge is -2.22. The van der Waals surface area contributed by atoms with Crippen molar-refractivity contribution in [3.63, 3.8) is 0 Å². The number of ether oxygens (including phenoxy) is 1. The number of amides is 1. The first kappa shape index (κ1) is 24.7. The van der Waals surface area contributed by atoms with Crippen LogP contribution in [0.1, 0.15) is 61.6 Å². The van der Waals surface area contributed by atoms with E-state index in [2.05, 4.69) is 27.4 Å². The molecule has 2 aromatic rings. The molecule has 1 N–H and O–H groups in total. The summed E-state index contributed by atoms with van der Waals surface area (Å²) in [6.45, 7) is 1.95. The van der Waals surface area contributed by atoms with Gasteiger partial charge in [-0.05, 0) is 55.0 Å². The first-order valence-electron chi connectivity index (χ1n) is 11.5. The highest BCUT2D eigenvalue weighted by atomic mass is 32.1. The molecule has 9 heteroatoms. The van der Waals surface area contributed by atoms with Crippen LogP contribution in [-0.4, -0.2) is 29.0 Å². The molecule has 1 fully saturated rings. The van der Waals surface area contributed by atoms with E-state index in [9.17, 15) is 18.4 Å². The maximum Gasteiger partial charge on any atom is 0.263 e. The van der Waals surface area contributed by atoms with Crippen molar-refractivity contribution in [1.29, 1.82) is 0 Å². The molecule has 1 atom stereocenters. The number of rotatable bonds is 7. The molecule has 1 amide bonds. The lowest BCUT2D eigenvalue weighted by atomic mass is 9.83. The van der Waals surface area contributed by atoms with E-state index in [-0.39, 0.29) is 22.1 Å². The Labute approximate surface area is 206 Å². The third kappa shape index (κ3) is 5.65. The molecule has 0 saturated heterocycles. The van der Waals surface area contributed by atoms with Gasteiger partial charge in [-0.3, -0.25) is 14.9 Å². The topological polar surface area (TPSA) is 81.2 Å². The van der Waals surface area contributed by atoms with Crippen molar-refractivity contribution in [3.05, 3.63) is 52.1 Å².